The summed E-state index contributed by atoms with van der Waals surface area (Å²) in [6, 6.07) is -0.154. The zero-order valence-corrected chi connectivity index (χ0v) is 11.5. The Morgan fingerprint density at radius 1 is 1.44 bits per heavy atom. The second-order valence-electron chi connectivity index (χ2n) is 5.62. The Balaban J connectivity index is 2.61. The van der Waals surface area contributed by atoms with Gasteiger partial charge in [-0.1, -0.05) is 20.8 Å². The third-order valence-corrected chi connectivity index (χ3v) is 4.10. The van der Waals surface area contributed by atoms with Gasteiger partial charge in [-0.3, -0.25) is 9.59 Å². The summed E-state index contributed by atoms with van der Waals surface area (Å²) in [5.41, 5.74) is 5.13. The summed E-state index contributed by atoms with van der Waals surface area (Å²) in [5, 5.41) is 9.27. The smallest absolute Gasteiger partial charge is 0.311 e. The first-order valence-corrected chi connectivity index (χ1v) is 6.59. The first kappa shape index (κ1) is 15.0. The van der Waals surface area contributed by atoms with Crippen molar-refractivity contribution in [2.45, 2.75) is 46.1 Å². The van der Waals surface area contributed by atoms with Crippen molar-refractivity contribution in [1.29, 1.82) is 0 Å². The average molecular weight is 256 g/mol. The molecule has 0 aromatic heterocycles. The number of carboxylic acid groups (broad SMARTS) is 1. The fraction of sp³-hybridized carbons (Fsp3) is 0.846. The molecule has 1 heterocycles. The number of aliphatic carboxylic acids is 1. The lowest BCUT2D eigenvalue weighted by molar-refractivity contribution is -0.148. The molecule has 2 atom stereocenters. The Hall–Kier alpha value is -1.10. The minimum Gasteiger partial charge on any atom is -0.481 e. The number of hydrogen-bond donors (Lipinski definition) is 2. The zero-order chi connectivity index (χ0) is 13.9. The maximum absolute atomic E-state index is 12.0. The monoisotopic (exact) mass is 256 g/mol. The maximum atomic E-state index is 12.0. The van der Waals surface area contributed by atoms with Crippen LogP contribution in [0.3, 0.4) is 0 Å². The van der Waals surface area contributed by atoms with Crippen molar-refractivity contribution in [3.05, 3.63) is 0 Å². The molecule has 0 bridgehead atoms. The number of hydrogen-bond acceptors (Lipinski definition) is 3. The van der Waals surface area contributed by atoms with Crippen LogP contribution in [0.15, 0.2) is 0 Å². The number of amides is 1. The molecule has 5 heteroatoms. The molecule has 0 radical (unpaired) electrons. The highest BCUT2D eigenvalue weighted by Crippen LogP contribution is 2.34. The average Bonchev–Trinajstić information content (AvgIpc) is 2.74. The highest BCUT2D eigenvalue weighted by Gasteiger charge is 2.44. The Morgan fingerprint density at radius 3 is 2.44 bits per heavy atom. The van der Waals surface area contributed by atoms with Crippen LogP contribution in [-0.2, 0) is 9.59 Å². The van der Waals surface area contributed by atoms with Gasteiger partial charge in [0.15, 0.2) is 0 Å². The van der Waals surface area contributed by atoms with Gasteiger partial charge in [0.25, 0.3) is 0 Å². The second kappa shape index (κ2) is 5.69. The summed E-state index contributed by atoms with van der Waals surface area (Å²) in [7, 11) is 0. The number of rotatable bonds is 5. The molecule has 1 amide bonds. The van der Waals surface area contributed by atoms with Crippen molar-refractivity contribution in [3.63, 3.8) is 0 Å². The fourth-order valence-corrected chi connectivity index (χ4v) is 2.27. The molecule has 0 saturated carbocycles. The topological polar surface area (TPSA) is 83.6 Å². The zero-order valence-electron chi connectivity index (χ0n) is 11.5. The van der Waals surface area contributed by atoms with Crippen molar-refractivity contribution in [1.82, 2.24) is 4.90 Å². The van der Waals surface area contributed by atoms with Gasteiger partial charge in [0, 0.05) is 25.6 Å². The number of likely N-dealkylation sites (tertiary alicyclic amines) is 1. The molecular weight excluding hydrogens is 232 g/mol. The van der Waals surface area contributed by atoms with Crippen LogP contribution in [0.2, 0.25) is 0 Å². The maximum Gasteiger partial charge on any atom is 0.311 e. The van der Waals surface area contributed by atoms with Crippen LogP contribution in [0.25, 0.3) is 0 Å². The molecule has 5 nitrogen and oxygen atoms in total. The van der Waals surface area contributed by atoms with Crippen LogP contribution in [0.5, 0.6) is 0 Å². The van der Waals surface area contributed by atoms with Gasteiger partial charge in [-0.25, -0.2) is 0 Å². The Morgan fingerprint density at radius 2 is 2.06 bits per heavy atom. The summed E-state index contributed by atoms with van der Waals surface area (Å²) in [6.07, 6.45) is 1.40. The lowest BCUT2D eigenvalue weighted by Crippen LogP contribution is -2.39. The number of carbonyl (C=O) groups is 2. The number of carboxylic acids is 1. The molecule has 104 valence electrons. The first-order valence-electron chi connectivity index (χ1n) is 6.59. The molecule has 1 fully saturated rings. The van der Waals surface area contributed by atoms with E-state index in [1.54, 1.807) is 4.90 Å². The molecule has 0 aromatic carbocycles. The predicted octanol–water partition coefficient (Wildman–Crippen LogP) is 1.07. The van der Waals surface area contributed by atoms with E-state index in [1.807, 2.05) is 20.8 Å². The van der Waals surface area contributed by atoms with Gasteiger partial charge >= 0.3 is 5.97 Å². The number of carbonyl (C=O) groups excluding carboxylic acids is 1. The van der Waals surface area contributed by atoms with Crippen molar-refractivity contribution in [2.75, 3.05) is 13.1 Å². The SMILES string of the molecule is CCC1(C(=O)O)CCN(C(=O)CC(N)C(C)C)C1. The van der Waals surface area contributed by atoms with Gasteiger partial charge in [0.1, 0.15) is 0 Å². The van der Waals surface area contributed by atoms with Crippen LogP contribution < -0.4 is 5.73 Å². The van der Waals surface area contributed by atoms with E-state index in [4.69, 9.17) is 5.73 Å². The number of nitrogens with zero attached hydrogens (tertiary/aromatic N) is 1. The standard InChI is InChI=1S/C13H24N2O3/c1-4-13(12(17)18)5-6-15(8-13)11(16)7-10(14)9(2)3/h9-10H,4-8,14H2,1-3H3,(H,17,18). The van der Waals surface area contributed by atoms with E-state index < -0.39 is 11.4 Å². The van der Waals surface area contributed by atoms with Gasteiger partial charge < -0.3 is 15.7 Å². The van der Waals surface area contributed by atoms with Crippen LogP contribution in [0.1, 0.15) is 40.0 Å². The Labute approximate surface area is 108 Å². The summed E-state index contributed by atoms with van der Waals surface area (Å²) in [6.45, 7) is 6.68. The van der Waals surface area contributed by atoms with Crippen molar-refractivity contribution in [2.24, 2.45) is 17.1 Å². The Kier molecular flexibility index (Phi) is 4.73. The molecule has 1 rings (SSSR count). The molecule has 1 aliphatic heterocycles. The van der Waals surface area contributed by atoms with E-state index in [2.05, 4.69) is 0 Å². The van der Waals surface area contributed by atoms with Crippen LogP contribution in [0, 0.1) is 11.3 Å². The third kappa shape index (κ3) is 3.02. The van der Waals surface area contributed by atoms with Gasteiger partial charge in [-0.2, -0.15) is 0 Å². The lowest BCUT2D eigenvalue weighted by Gasteiger charge is -2.24. The molecular formula is C13H24N2O3. The van der Waals surface area contributed by atoms with Crippen molar-refractivity contribution >= 4 is 11.9 Å². The minimum atomic E-state index is -0.798. The highest BCUT2D eigenvalue weighted by atomic mass is 16.4. The molecule has 0 spiro atoms. The summed E-state index contributed by atoms with van der Waals surface area (Å²) in [5.74, 6) is -0.562. The van der Waals surface area contributed by atoms with Gasteiger partial charge in [-0.05, 0) is 18.8 Å². The van der Waals surface area contributed by atoms with Crippen LogP contribution >= 0.6 is 0 Å². The highest BCUT2D eigenvalue weighted by molar-refractivity contribution is 5.81. The summed E-state index contributed by atoms with van der Waals surface area (Å²) >= 11 is 0. The Bertz CT molecular complexity index is 330. The van der Waals surface area contributed by atoms with E-state index in [-0.39, 0.29) is 17.9 Å². The minimum absolute atomic E-state index is 0.0206. The summed E-state index contributed by atoms with van der Waals surface area (Å²) < 4.78 is 0. The predicted molar refractivity (Wildman–Crippen MR) is 69.0 cm³/mol. The fourth-order valence-electron chi connectivity index (χ4n) is 2.27. The molecule has 18 heavy (non-hydrogen) atoms. The van der Waals surface area contributed by atoms with E-state index in [0.29, 0.717) is 32.4 Å². The molecule has 1 saturated heterocycles. The van der Waals surface area contributed by atoms with Gasteiger partial charge in [0.05, 0.1) is 5.41 Å². The van der Waals surface area contributed by atoms with Gasteiger partial charge in [-0.15, -0.1) is 0 Å². The molecule has 0 aromatic rings. The van der Waals surface area contributed by atoms with Gasteiger partial charge in [0.2, 0.25) is 5.91 Å². The molecule has 1 aliphatic rings. The van der Waals surface area contributed by atoms with Crippen molar-refractivity contribution in [3.8, 4) is 0 Å². The van der Waals surface area contributed by atoms with E-state index in [1.165, 1.54) is 0 Å². The van der Waals surface area contributed by atoms with Crippen LogP contribution in [0.4, 0.5) is 0 Å². The second-order valence-corrected chi connectivity index (χ2v) is 5.62. The normalized spacial score (nSPS) is 25.5. The van der Waals surface area contributed by atoms with E-state index in [0.717, 1.165) is 0 Å². The lowest BCUT2D eigenvalue weighted by atomic mass is 9.84. The quantitative estimate of drug-likeness (QED) is 0.770. The molecule has 2 unspecified atom stereocenters. The van der Waals surface area contributed by atoms with Crippen molar-refractivity contribution < 1.29 is 14.7 Å². The van der Waals surface area contributed by atoms with Crippen LogP contribution in [-0.4, -0.2) is 41.0 Å². The molecule has 3 N–H and O–H groups in total. The largest absolute Gasteiger partial charge is 0.481 e. The molecule has 0 aliphatic carbocycles. The third-order valence-electron chi connectivity index (χ3n) is 4.10. The van der Waals surface area contributed by atoms with E-state index >= 15 is 0 Å². The van der Waals surface area contributed by atoms with E-state index in [9.17, 15) is 14.7 Å². The number of nitrogens with two attached hydrogens (primary N) is 1. The first-order chi connectivity index (χ1) is 8.32. The summed E-state index contributed by atoms with van der Waals surface area (Å²) in [4.78, 5) is 25.0.